The molecule has 0 aromatic carbocycles. The van der Waals surface area contributed by atoms with Gasteiger partial charge in [0.05, 0.1) is 18.8 Å². The van der Waals surface area contributed by atoms with Gasteiger partial charge in [0.1, 0.15) is 0 Å². The van der Waals surface area contributed by atoms with Gasteiger partial charge in [-0.25, -0.2) is 5.43 Å². The molecule has 0 aromatic rings. The van der Waals surface area contributed by atoms with Crippen molar-refractivity contribution >= 4 is 0 Å². The summed E-state index contributed by atoms with van der Waals surface area (Å²) in [6.07, 6.45) is 6.58. The van der Waals surface area contributed by atoms with Crippen molar-refractivity contribution in [2.24, 2.45) is 11.8 Å². The molecular weight excluding hydrogens is 140 g/mol. The maximum Gasteiger partial charge on any atom is 0.0865 e. The lowest BCUT2D eigenvalue weighted by atomic mass is 9.98. The first kappa shape index (κ1) is 8.54. The van der Waals surface area contributed by atoms with Gasteiger partial charge in [0.25, 0.3) is 0 Å². The molecule has 0 aliphatic carbocycles. The van der Waals surface area contributed by atoms with Crippen LogP contribution in [0.3, 0.4) is 0 Å². The minimum atomic E-state index is -0.0417. The minimum Gasteiger partial charge on any atom is -0.378 e. The molecular formula is C8H14N2O. The van der Waals surface area contributed by atoms with Crippen LogP contribution in [0.25, 0.3) is 0 Å². The quantitative estimate of drug-likeness (QED) is 0.331. The predicted molar refractivity (Wildman–Crippen MR) is 43.5 cm³/mol. The van der Waals surface area contributed by atoms with Gasteiger partial charge in [-0.05, 0) is 13.3 Å². The summed E-state index contributed by atoms with van der Waals surface area (Å²) in [5.74, 6) is 8.23. The van der Waals surface area contributed by atoms with E-state index in [2.05, 4.69) is 11.3 Å². The maximum absolute atomic E-state index is 5.36. The van der Waals surface area contributed by atoms with Crippen molar-refractivity contribution < 1.29 is 4.74 Å². The Morgan fingerprint density at radius 2 is 2.55 bits per heavy atom. The van der Waals surface area contributed by atoms with Crippen LogP contribution in [0.2, 0.25) is 0 Å². The fraction of sp³-hybridized carbons (Fsp3) is 0.750. The molecule has 1 heterocycles. The van der Waals surface area contributed by atoms with Crippen molar-refractivity contribution in [2.45, 2.75) is 25.5 Å². The summed E-state index contributed by atoms with van der Waals surface area (Å²) in [4.78, 5) is 0. The first-order valence-electron chi connectivity index (χ1n) is 3.81. The third kappa shape index (κ3) is 1.93. The standard InChI is InChI=1S/C8H14N2O/c1-3-8(10-9)7-4-6(2)11-5-7/h1,6-8,10H,4-5,9H2,2H3. The summed E-state index contributed by atoms with van der Waals surface area (Å²) in [7, 11) is 0. The van der Waals surface area contributed by atoms with Crippen molar-refractivity contribution in [1.82, 2.24) is 5.43 Å². The van der Waals surface area contributed by atoms with Crippen LogP contribution < -0.4 is 11.3 Å². The van der Waals surface area contributed by atoms with Crippen molar-refractivity contribution in [1.29, 1.82) is 0 Å². The van der Waals surface area contributed by atoms with E-state index < -0.39 is 0 Å². The van der Waals surface area contributed by atoms with Crippen molar-refractivity contribution in [3.05, 3.63) is 0 Å². The van der Waals surface area contributed by atoms with Crippen molar-refractivity contribution in [2.75, 3.05) is 6.61 Å². The summed E-state index contributed by atoms with van der Waals surface area (Å²) in [5.41, 5.74) is 2.60. The fourth-order valence-electron chi connectivity index (χ4n) is 1.40. The number of hydrogen-bond acceptors (Lipinski definition) is 3. The molecule has 3 unspecified atom stereocenters. The highest BCUT2D eigenvalue weighted by Crippen LogP contribution is 2.21. The monoisotopic (exact) mass is 154 g/mol. The molecule has 1 fully saturated rings. The van der Waals surface area contributed by atoms with E-state index in [1.54, 1.807) is 0 Å². The maximum atomic E-state index is 5.36. The molecule has 0 saturated carbocycles. The summed E-state index contributed by atoms with van der Waals surface area (Å²) in [6.45, 7) is 2.77. The fourth-order valence-corrected chi connectivity index (χ4v) is 1.40. The van der Waals surface area contributed by atoms with Gasteiger partial charge in [0.2, 0.25) is 0 Å². The van der Waals surface area contributed by atoms with Gasteiger partial charge in [-0.3, -0.25) is 5.84 Å². The van der Waals surface area contributed by atoms with Gasteiger partial charge in [-0.2, -0.15) is 0 Å². The van der Waals surface area contributed by atoms with Crippen LogP contribution in [0, 0.1) is 18.3 Å². The zero-order valence-electron chi connectivity index (χ0n) is 6.71. The SMILES string of the molecule is C#CC(NN)C1COC(C)C1. The summed E-state index contributed by atoms with van der Waals surface area (Å²) < 4.78 is 5.36. The Hall–Kier alpha value is -0.560. The highest BCUT2D eigenvalue weighted by atomic mass is 16.5. The summed E-state index contributed by atoms with van der Waals surface area (Å²) >= 11 is 0. The smallest absolute Gasteiger partial charge is 0.0865 e. The van der Waals surface area contributed by atoms with Crippen LogP contribution in [0.1, 0.15) is 13.3 Å². The van der Waals surface area contributed by atoms with E-state index in [4.69, 9.17) is 17.0 Å². The Bertz CT molecular complexity index is 164. The van der Waals surface area contributed by atoms with Crippen LogP contribution >= 0.6 is 0 Å². The Balaban J connectivity index is 2.42. The lowest BCUT2D eigenvalue weighted by Crippen LogP contribution is -2.40. The van der Waals surface area contributed by atoms with Crippen LogP contribution in [0.5, 0.6) is 0 Å². The highest BCUT2D eigenvalue weighted by Gasteiger charge is 2.27. The molecule has 1 aliphatic heterocycles. The number of nitrogens with one attached hydrogen (secondary N) is 1. The lowest BCUT2D eigenvalue weighted by Gasteiger charge is -2.14. The Kier molecular flexibility index (Phi) is 2.89. The van der Waals surface area contributed by atoms with Crippen molar-refractivity contribution in [3.63, 3.8) is 0 Å². The topological polar surface area (TPSA) is 47.3 Å². The van der Waals surface area contributed by atoms with Gasteiger partial charge < -0.3 is 4.74 Å². The second-order valence-electron chi connectivity index (χ2n) is 2.95. The molecule has 0 radical (unpaired) electrons. The average molecular weight is 154 g/mol. The van der Waals surface area contributed by atoms with Gasteiger partial charge in [0, 0.05) is 5.92 Å². The molecule has 1 rings (SSSR count). The van der Waals surface area contributed by atoms with Crippen LogP contribution in [0.15, 0.2) is 0 Å². The van der Waals surface area contributed by atoms with E-state index >= 15 is 0 Å². The minimum absolute atomic E-state index is 0.0417. The molecule has 3 nitrogen and oxygen atoms in total. The molecule has 0 bridgehead atoms. The third-order valence-electron chi connectivity index (χ3n) is 2.06. The second kappa shape index (κ2) is 3.72. The molecule has 0 spiro atoms. The summed E-state index contributed by atoms with van der Waals surface area (Å²) in [6, 6.07) is -0.0417. The Morgan fingerprint density at radius 1 is 1.82 bits per heavy atom. The van der Waals surface area contributed by atoms with Crippen LogP contribution in [-0.2, 0) is 4.74 Å². The van der Waals surface area contributed by atoms with E-state index in [0.29, 0.717) is 12.0 Å². The predicted octanol–water partition coefficient (Wildman–Crippen LogP) is -0.124. The van der Waals surface area contributed by atoms with Gasteiger partial charge >= 0.3 is 0 Å². The molecule has 62 valence electrons. The number of hydrazine groups is 1. The lowest BCUT2D eigenvalue weighted by molar-refractivity contribution is 0.118. The molecule has 3 atom stereocenters. The molecule has 3 heteroatoms. The second-order valence-corrected chi connectivity index (χ2v) is 2.95. The molecule has 3 N–H and O–H groups in total. The molecule has 0 aromatic heterocycles. The van der Waals surface area contributed by atoms with Gasteiger partial charge in [-0.1, -0.05) is 5.92 Å². The van der Waals surface area contributed by atoms with E-state index in [1.807, 2.05) is 6.92 Å². The van der Waals surface area contributed by atoms with Crippen LogP contribution in [0.4, 0.5) is 0 Å². The first-order valence-corrected chi connectivity index (χ1v) is 3.81. The summed E-state index contributed by atoms with van der Waals surface area (Å²) in [5, 5.41) is 0. The zero-order chi connectivity index (χ0) is 8.27. The number of nitrogens with two attached hydrogens (primary N) is 1. The Morgan fingerprint density at radius 3 is 2.91 bits per heavy atom. The van der Waals surface area contributed by atoms with Gasteiger partial charge in [0.15, 0.2) is 0 Å². The van der Waals surface area contributed by atoms with Crippen molar-refractivity contribution in [3.8, 4) is 12.3 Å². The highest BCUT2D eigenvalue weighted by molar-refractivity contribution is 5.02. The normalized spacial score (nSPS) is 33.2. The zero-order valence-corrected chi connectivity index (χ0v) is 6.71. The van der Waals surface area contributed by atoms with Gasteiger partial charge in [-0.15, -0.1) is 6.42 Å². The van der Waals surface area contributed by atoms with E-state index in [0.717, 1.165) is 13.0 Å². The van der Waals surface area contributed by atoms with E-state index in [-0.39, 0.29) is 6.04 Å². The van der Waals surface area contributed by atoms with E-state index in [9.17, 15) is 0 Å². The number of hydrogen-bond donors (Lipinski definition) is 2. The average Bonchev–Trinajstić information content (AvgIpc) is 2.39. The molecule has 1 saturated heterocycles. The van der Waals surface area contributed by atoms with E-state index in [1.165, 1.54) is 0 Å². The van der Waals surface area contributed by atoms with Crippen LogP contribution in [-0.4, -0.2) is 18.8 Å². The number of ether oxygens (including phenoxy) is 1. The molecule has 11 heavy (non-hydrogen) atoms. The first-order chi connectivity index (χ1) is 5.27. The molecule has 1 aliphatic rings. The molecule has 0 amide bonds. The third-order valence-corrected chi connectivity index (χ3v) is 2.06. The number of rotatable bonds is 2. The largest absolute Gasteiger partial charge is 0.378 e. The number of terminal acetylenes is 1. The Labute approximate surface area is 67.3 Å².